The van der Waals surface area contributed by atoms with Crippen molar-refractivity contribution in [1.29, 1.82) is 0 Å². The van der Waals surface area contributed by atoms with Gasteiger partial charge in [-0.25, -0.2) is 0 Å². The van der Waals surface area contributed by atoms with Crippen molar-refractivity contribution in [3.63, 3.8) is 0 Å². The zero-order valence-electron chi connectivity index (χ0n) is 15.9. The average molecular weight is 406 g/mol. The lowest BCUT2D eigenvalue weighted by Gasteiger charge is -2.42. The Bertz CT molecular complexity index is 837. The molecule has 0 spiro atoms. The van der Waals surface area contributed by atoms with Crippen LogP contribution < -0.4 is 9.47 Å². The molecular formula is C21H24ClNO5. The number of nitrogens with zero attached hydrogens (tertiary/aromatic N) is 1. The number of hydrogen-bond donors (Lipinski definition) is 2. The first-order chi connectivity index (χ1) is 13.3. The van der Waals surface area contributed by atoms with E-state index in [-0.39, 0.29) is 24.6 Å². The van der Waals surface area contributed by atoms with Crippen molar-refractivity contribution < 1.29 is 24.5 Å². The largest absolute Gasteiger partial charge is 0.504 e. The number of methoxy groups -OCH3 is 1. The quantitative estimate of drug-likeness (QED) is 0.799. The standard InChI is InChI=1S/C21H24ClNO5/c1-21(26)9-10-23(13-19(21)28-16-6-4-15(22)5-7-16)20(25)12-14-3-8-17(24)18(11-14)27-2/h3-8,11,19,24,26H,9-10,12-13H2,1-2H3/t19-,21-/m0/s1. The molecule has 150 valence electrons. The molecule has 3 rings (SSSR count). The number of aliphatic hydroxyl groups is 1. The van der Waals surface area contributed by atoms with Crippen LogP contribution >= 0.6 is 11.6 Å². The molecule has 0 saturated carbocycles. The number of carbonyl (C=O) groups excluding carboxylic acids is 1. The maximum atomic E-state index is 12.8. The number of ether oxygens (including phenoxy) is 2. The van der Waals surface area contributed by atoms with Crippen LogP contribution in [0, 0.1) is 0 Å². The van der Waals surface area contributed by atoms with Crippen LogP contribution in [0.25, 0.3) is 0 Å². The van der Waals surface area contributed by atoms with E-state index in [0.717, 1.165) is 5.56 Å². The van der Waals surface area contributed by atoms with E-state index in [4.69, 9.17) is 21.1 Å². The number of likely N-dealkylation sites (tertiary alicyclic amines) is 1. The van der Waals surface area contributed by atoms with E-state index in [2.05, 4.69) is 0 Å². The zero-order valence-corrected chi connectivity index (χ0v) is 16.6. The summed E-state index contributed by atoms with van der Waals surface area (Å²) in [6, 6.07) is 11.8. The molecule has 1 fully saturated rings. The van der Waals surface area contributed by atoms with Gasteiger partial charge < -0.3 is 24.6 Å². The molecule has 1 aliphatic rings. The molecule has 2 aromatic carbocycles. The van der Waals surface area contributed by atoms with Crippen LogP contribution in [0.1, 0.15) is 18.9 Å². The molecule has 0 unspecified atom stereocenters. The number of phenolic OH excluding ortho intramolecular Hbond substituents is 1. The maximum Gasteiger partial charge on any atom is 0.227 e. The molecule has 0 radical (unpaired) electrons. The fourth-order valence-electron chi connectivity index (χ4n) is 3.20. The Morgan fingerprint density at radius 1 is 1.29 bits per heavy atom. The Morgan fingerprint density at radius 3 is 2.68 bits per heavy atom. The number of hydrogen-bond acceptors (Lipinski definition) is 5. The molecule has 7 heteroatoms. The van der Waals surface area contributed by atoms with E-state index in [1.54, 1.807) is 48.2 Å². The molecule has 2 aromatic rings. The monoisotopic (exact) mass is 405 g/mol. The van der Waals surface area contributed by atoms with E-state index in [0.29, 0.717) is 29.5 Å². The minimum Gasteiger partial charge on any atom is -0.504 e. The van der Waals surface area contributed by atoms with Crippen LogP contribution in [0.4, 0.5) is 0 Å². The van der Waals surface area contributed by atoms with Gasteiger partial charge >= 0.3 is 0 Å². The average Bonchev–Trinajstić information content (AvgIpc) is 2.66. The lowest BCUT2D eigenvalue weighted by molar-refractivity contribution is -0.142. The normalized spacial score (nSPS) is 22.0. The van der Waals surface area contributed by atoms with E-state index < -0.39 is 11.7 Å². The Kier molecular flexibility index (Phi) is 6.01. The number of rotatable bonds is 5. The number of benzene rings is 2. The third kappa shape index (κ3) is 4.69. The van der Waals surface area contributed by atoms with Gasteiger partial charge in [0.25, 0.3) is 0 Å². The molecule has 0 aliphatic carbocycles. The molecule has 28 heavy (non-hydrogen) atoms. The SMILES string of the molecule is COc1cc(CC(=O)N2CC[C@](C)(O)[C@@H](Oc3ccc(Cl)cc3)C2)ccc1O. The molecule has 1 saturated heterocycles. The van der Waals surface area contributed by atoms with Gasteiger partial charge in [0.1, 0.15) is 17.5 Å². The number of piperidine rings is 1. The topological polar surface area (TPSA) is 79.2 Å². The number of aromatic hydroxyl groups is 1. The second kappa shape index (κ2) is 8.29. The first-order valence-corrected chi connectivity index (χ1v) is 9.44. The lowest BCUT2D eigenvalue weighted by Crippen LogP contribution is -2.57. The molecule has 1 aliphatic heterocycles. The van der Waals surface area contributed by atoms with Gasteiger partial charge in [0.05, 0.1) is 20.1 Å². The molecule has 1 heterocycles. The van der Waals surface area contributed by atoms with Gasteiger partial charge in [0, 0.05) is 11.6 Å². The van der Waals surface area contributed by atoms with Crippen molar-refractivity contribution >= 4 is 17.5 Å². The van der Waals surface area contributed by atoms with Gasteiger partial charge in [-0.15, -0.1) is 0 Å². The maximum absolute atomic E-state index is 12.8. The summed E-state index contributed by atoms with van der Waals surface area (Å²) in [4.78, 5) is 14.5. The molecular weight excluding hydrogens is 382 g/mol. The van der Waals surface area contributed by atoms with Gasteiger partial charge in [-0.3, -0.25) is 4.79 Å². The van der Waals surface area contributed by atoms with Gasteiger partial charge in [-0.05, 0) is 55.3 Å². The highest BCUT2D eigenvalue weighted by Gasteiger charge is 2.40. The Labute approximate surface area is 169 Å². The van der Waals surface area contributed by atoms with Gasteiger partial charge in [-0.1, -0.05) is 17.7 Å². The van der Waals surface area contributed by atoms with Crippen LogP contribution in [0.15, 0.2) is 42.5 Å². The summed E-state index contributed by atoms with van der Waals surface area (Å²) in [5.74, 6) is 0.875. The summed E-state index contributed by atoms with van der Waals surface area (Å²) in [6.07, 6.45) is 0.0308. The van der Waals surface area contributed by atoms with E-state index in [9.17, 15) is 15.0 Å². The molecule has 2 atom stereocenters. The van der Waals surface area contributed by atoms with Crippen molar-refractivity contribution in [2.24, 2.45) is 0 Å². The number of amides is 1. The lowest BCUT2D eigenvalue weighted by atomic mass is 9.90. The van der Waals surface area contributed by atoms with Gasteiger partial charge in [-0.2, -0.15) is 0 Å². The number of phenols is 1. The van der Waals surface area contributed by atoms with Crippen molar-refractivity contribution in [3.8, 4) is 17.2 Å². The van der Waals surface area contributed by atoms with Crippen molar-refractivity contribution in [1.82, 2.24) is 4.90 Å². The smallest absolute Gasteiger partial charge is 0.227 e. The van der Waals surface area contributed by atoms with Gasteiger partial charge in [0.15, 0.2) is 11.5 Å². The minimum absolute atomic E-state index is 0.0316. The molecule has 6 nitrogen and oxygen atoms in total. The summed E-state index contributed by atoms with van der Waals surface area (Å²) >= 11 is 5.90. The van der Waals surface area contributed by atoms with Crippen molar-refractivity contribution in [3.05, 3.63) is 53.1 Å². The van der Waals surface area contributed by atoms with Gasteiger partial charge in [0.2, 0.25) is 5.91 Å². The highest BCUT2D eigenvalue weighted by molar-refractivity contribution is 6.30. The third-order valence-corrected chi connectivity index (χ3v) is 5.26. The Hall–Kier alpha value is -2.44. The Balaban J connectivity index is 1.68. The molecule has 1 amide bonds. The fourth-order valence-corrected chi connectivity index (χ4v) is 3.32. The first kappa shape index (κ1) is 20.3. The second-order valence-electron chi connectivity index (χ2n) is 7.19. The molecule has 2 N–H and O–H groups in total. The number of halogens is 1. The summed E-state index contributed by atoms with van der Waals surface area (Å²) in [7, 11) is 1.46. The van der Waals surface area contributed by atoms with E-state index >= 15 is 0 Å². The summed E-state index contributed by atoms with van der Waals surface area (Å²) in [5, 5.41) is 21.0. The zero-order chi connectivity index (χ0) is 20.3. The van der Waals surface area contributed by atoms with E-state index in [1.807, 2.05) is 0 Å². The third-order valence-electron chi connectivity index (χ3n) is 5.01. The Morgan fingerprint density at radius 2 is 2.00 bits per heavy atom. The van der Waals surface area contributed by atoms with Crippen LogP contribution in [0.2, 0.25) is 5.02 Å². The molecule has 0 aromatic heterocycles. The van der Waals surface area contributed by atoms with Crippen LogP contribution in [0.5, 0.6) is 17.2 Å². The first-order valence-electron chi connectivity index (χ1n) is 9.07. The minimum atomic E-state index is -1.04. The second-order valence-corrected chi connectivity index (χ2v) is 7.63. The summed E-state index contributed by atoms with van der Waals surface area (Å²) in [6.45, 7) is 2.45. The van der Waals surface area contributed by atoms with Crippen LogP contribution in [-0.4, -0.2) is 52.9 Å². The van der Waals surface area contributed by atoms with Crippen molar-refractivity contribution in [2.45, 2.75) is 31.5 Å². The highest BCUT2D eigenvalue weighted by Crippen LogP contribution is 2.29. The summed E-state index contributed by atoms with van der Waals surface area (Å²) in [5.41, 5.74) is -0.301. The summed E-state index contributed by atoms with van der Waals surface area (Å²) < 4.78 is 11.0. The fraction of sp³-hybridized carbons (Fsp3) is 0.381. The van der Waals surface area contributed by atoms with Crippen LogP contribution in [-0.2, 0) is 11.2 Å². The highest BCUT2D eigenvalue weighted by atomic mass is 35.5. The molecule has 0 bridgehead atoms. The van der Waals surface area contributed by atoms with Crippen LogP contribution in [0.3, 0.4) is 0 Å². The predicted octanol–water partition coefficient (Wildman–Crippen LogP) is 3.03. The predicted molar refractivity (Wildman–Crippen MR) is 106 cm³/mol. The van der Waals surface area contributed by atoms with E-state index in [1.165, 1.54) is 13.2 Å². The number of carbonyl (C=O) groups is 1. The van der Waals surface area contributed by atoms with Crippen molar-refractivity contribution in [2.75, 3.05) is 20.2 Å².